The van der Waals surface area contributed by atoms with Crippen molar-refractivity contribution in [2.45, 2.75) is 32.4 Å². The van der Waals surface area contributed by atoms with Gasteiger partial charge < -0.3 is 10.1 Å². The maximum atomic E-state index is 12.5. The Labute approximate surface area is 131 Å². The quantitative estimate of drug-likeness (QED) is 0.880. The van der Waals surface area contributed by atoms with Crippen LogP contribution in [0.15, 0.2) is 54.6 Å². The van der Waals surface area contributed by atoms with Crippen LogP contribution in [0.2, 0.25) is 0 Å². The molecule has 2 aromatic rings. The van der Waals surface area contributed by atoms with E-state index in [1.54, 1.807) is 0 Å². The average Bonchev–Trinajstić information content (AvgIpc) is 3.39. The number of amides is 1. The largest absolute Gasteiger partial charge is 0.489 e. The first-order valence-electron chi connectivity index (χ1n) is 7.80. The number of para-hydroxylation sites is 1. The third-order valence-corrected chi connectivity index (χ3v) is 4.09. The van der Waals surface area contributed by atoms with Crippen molar-refractivity contribution >= 4 is 5.91 Å². The van der Waals surface area contributed by atoms with Crippen LogP contribution in [0.1, 0.15) is 35.7 Å². The molecule has 0 heterocycles. The van der Waals surface area contributed by atoms with Gasteiger partial charge in [-0.25, -0.2) is 0 Å². The van der Waals surface area contributed by atoms with Gasteiger partial charge in [0.05, 0.1) is 0 Å². The van der Waals surface area contributed by atoms with Gasteiger partial charge in [-0.05, 0) is 43.9 Å². The van der Waals surface area contributed by atoms with Crippen LogP contribution in [0.4, 0.5) is 0 Å². The predicted octanol–water partition coefficient (Wildman–Crippen LogP) is 3.79. The molecule has 1 saturated carbocycles. The molecular weight excluding hydrogens is 274 g/mol. The number of carbonyl (C=O) groups excluding carboxylic acids is 1. The Hall–Kier alpha value is -2.29. The smallest absolute Gasteiger partial charge is 0.251 e. The van der Waals surface area contributed by atoms with Crippen LogP contribution < -0.4 is 10.1 Å². The molecule has 0 aromatic heterocycles. The molecule has 1 fully saturated rings. The van der Waals surface area contributed by atoms with Crippen molar-refractivity contribution in [2.24, 2.45) is 5.92 Å². The van der Waals surface area contributed by atoms with Crippen LogP contribution in [0.25, 0.3) is 0 Å². The zero-order valence-corrected chi connectivity index (χ0v) is 12.8. The van der Waals surface area contributed by atoms with Crippen molar-refractivity contribution in [3.05, 3.63) is 65.7 Å². The first kappa shape index (κ1) is 14.6. The molecule has 0 radical (unpaired) electrons. The van der Waals surface area contributed by atoms with Crippen molar-refractivity contribution in [3.8, 4) is 5.75 Å². The minimum atomic E-state index is -0.00772. The number of ether oxygens (including phenoxy) is 1. The number of benzene rings is 2. The summed E-state index contributed by atoms with van der Waals surface area (Å²) in [5, 5.41) is 3.10. The Morgan fingerprint density at radius 3 is 2.55 bits per heavy atom. The van der Waals surface area contributed by atoms with E-state index in [2.05, 4.69) is 12.2 Å². The van der Waals surface area contributed by atoms with Gasteiger partial charge in [0.2, 0.25) is 0 Å². The number of nitrogens with one attached hydrogen (secondary N) is 1. The third-order valence-electron chi connectivity index (χ3n) is 4.09. The number of hydrogen-bond acceptors (Lipinski definition) is 2. The van der Waals surface area contributed by atoms with E-state index < -0.39 is 0 Å². The van der Waals surface area contributed by atoms with Crippen molar-refractivity contribution < 1.29 is 9.53 Å². The second kappa shape index (κ2) is 6.65. The number of carbonyl (C=O) groups is 1. The summed E-state index contributed by atoms with van der Waals surface area (Å²) in [6, 6.07) is 17.5. The summed E-state index contributed by atoms with van der Waals surface area (Å²) in [4.78, 5) is 12.5. The lowest BCUT2D eigenvalue weighted by atomic mass is 10.1. The molecule has 0 spiro atoms. The molecular formula is C19H21NO2. The summed E-state index contributed by atoms with van der Waals surface area (Å²) in [5.41, 5.74) is 1.61. The molecule has 1 aliphatic rings. The first-order valence-corrected chi connectivity index (χ1v) is 7.80. The van der Waals surface area contributed by atoms with Gasteiger partial charge in [-0.2, -0.15) is 0 Å². The van der Waals surface area contributed by atoms with Gasteiger partial charge >= 0.3 is 0 Å². The SMILES string of the molecule is CC(NC(=O)c1ccccc1COc1ccccc1)C1CC1. The fraction of sp³-hybridized carbons (Fsp3) is 0.316. The van der Waals surface area contributed by atoms with Crippen molar-refractivity contribution in [1.82, 2.24) is 5.32 Å². The molecule has 1 atom stereocenters. The summed E-state index contributed by atoms with van der Waals surface area (Å²) >= 11 is 0. The Bertz CT molecular complexity index is 635. The summed E-state index contributed by atoms with van der Waals surface area (Å²) in [6.45, 7) is 2.48. The van der Waals surface area contributed by atoms with E-state index >= 15 is 0 Å². The summed E-state index contributed by atoms with van der Waals surface area (Å²) in [6.07, 6.45) is 2.44. The standard InChI is InChI=1S/C19H21NO2/c1-14(15-11-12-15)20-19(21)18-10-6-5-7-16(18)13-22-17-8-3-2-4-9-17/h2-10,14-15H,11-13H2,1H3,(H,20,21). The van der Waals surface area contributed by atoms with E-state index in [-0.39, 0.29) is 11.9 Å². The Balaban J connectivity index is 1.67. The van der Waals surface area contributed by atoms with Crippen molar-refractivity contribution in [1.29, 1.82) is 0 Å². The maximum Gasteiger partial charge on any atom is 0.251 e. The molecule has 0 saturated heterocycles. The van der Waals surface area contributed by atoms with Gasteiger partial charge in [-0.3, -0.25) is 4.79 Å². The lowest BCUT2D eigenvalue weighted by Gasteiger charge is -2.15. The predicted molar refractivity (Wildman–Crippen MR) is 86.9 cm³/mol. The van der Waals surface area contributed by atoms with Crippen LogP contribution in [-0.4, -0.2) is 11.9 Å². The normalized spacial score (nSPS) is 15.1. The molecule has 22 heavy (non-hydrogen) atoms. The fourth-order valence-electron chi connectivity index (χ4n) is 2.54. The van der Waals surface area contributed by atoms with Crippen LogP contribution in [0.5, 0.6) is 5.75 Å². The van der Waals surface area contributed by atoms with Gasteiger partial charge in [0.15, 0.2) is 0 Å². The molecule has 0 bridgehead atoms. The molecule has 3 nitrogen and oxygen atoms in total. The average molecular weight is 295 g/mol. The van der Waals surface area contributed by atoms with Gasteiger partial charge in [0, 0.05) is 17.2 Å². The van der Waals surface area contributed by atoms with Gasteiger partial charge in [-0.1, -0.05) is 36.4 Å². The lowest BCUT2D eigenvalue weighted by Crippen LogP contribution is -2.34. The zero-order chi connectivity index (χ0) is 15.4. The maximum absolute atomic E-state index is 12.5. The minimum absolute atomic E-state index is 0.00772. The van der Waals surface area contributed by atoms with E-state index in [0.717, 1.165) is 11.3 Å². The highest BCUT2D eigenvalue weighted by Crippen LogP contribution is 2.32. The second-order valence-corrected chi connectivity index (χ2v) is 5.86. The van der Waals surface area contributed by atoms with E-state index in [0.29, 0.717) is 18.1 Å². The third kappa shape index (κ3) is 3.67. The Morgan fingerprint density at radius 2 is 1.82 bits per heavy atom. The van der Waals surface area contributed by atoms with Crippen molar-refractivity contribution in [3.63, 3.8) is 0 Å². The van der Waals surface area contributed by atoms with Crippen LogP contribution in [-0.2, 0) is 6.61 Å². The van der Waals surface area contributed by atoms with E-state index in [4.69, 9.17) is 4.74 Å². The highest BCUT2D eigenvalue weighted by molar-refractivity contribution is 5.95. The van der Waals surface area contributed by atoms with Crippen LogP contribution in [0.3, 0.4) is 0 Å². The molecule has 114 valence electrons. The Morgan fingerprint density at radius 1 is 1.14 bits per heavy atom. The highest BCUT2D eigenvalue weighted by atomic mass is 16.5. The molecule has 1 unspecified atom stereocenters. The second-order valence-electron chi connectivity index (χ2n) is 5.86. The summed E-state index contributed by atoms with van der Waals surface area (Å²) in [5.74, 6) is 1.45. The zero-order valence-electron chi connectivity index (χ0n) is 12.8. The fourth-order valence-corrected chi connectivity index (χ4v) is 2.54. The van der Waals surface area contributed by atoms with E-state index in [1.165, 1.54) is 12.8 Å². The van der Waals surface area contributed by atoms with Crippen molar-refractivity contribution in [2.75, 3.05) is 0 Å². The van der Waals surface area contributed by atoms with Gasteiger partial charge in [0.1, 0.15) is 12.4 Å². The molecule has 3 heteroatoms. The van der Waals surface area contributed by atoms with Crippen LogP contribution in [0, 0.1) is 5.92 Å². The van der Waals surface area contributed by atoms with Gasteiger partial charge in [-0.15, -0.1) is 0 Å². The lowest BCUT2D eigenvalue weighted by molar-refractivity contribution is 0.0933. The molecule has 1 amide bonds. The molecule has 1 aliphatic carbocycles. The van der Waals surface area contributed by atoms with Gasteiger partial charge in [0.25, 0.3) is 5.91 Å². The molecule has 0 aliphatic heterocycles. The van der Waals surface area contributed by atoms with Crippen LogP contribution >= 0.6 is 0 Å². The minimum Gasteiger partial charge on any atom is -0.489 e. The summed E-state index contributed by atoms with van der Waals surface area (Å²) < 4.78 is 5.77. The van der Waals surface area contributed by atoms with E-state index in [9.17, 15) is 4.79 Å². The monoisotopic (exact) mass is 295 g/mol. The number of rotatable bonds is 6. The first-order chi connectivity index (χ1) is 10.7. The topological polar surface area (TPSA) is 38.3 Å². The Kier molecular flexibility index (Phi) is 4.42. The number of hydrogen-bond donors (Lipinski definition) is 1. The highest BCUT2D eigenvalue weighted by Gasteiger charge is 2.29. The molecule has 2 aromatic carbocycles. The summed E-state index contributed by atoms with van der Waals surface area (Å²) in [7, 11) is 0. The molecule has 3 rings (SSSR count). The molecule has 1 N–H and O–H groups in total. The van der Waals surface area contributed by atoms with E-state index in [1.807, 2.05) is 54.6 Å².